The second-order valence-electron chi connectivity index (χ2n) is 12.4. The molecule has 13 heteroatoms. The van der Waals surface area contributed by atoms with Gasteiger partial charge in [0.1, 0.15) is 11.6 Å². The van der Waals surface area contributed by atoms with E-state index in [-0.39, 0.29) is 22.9 Å². The van der Waals surface area contributed by atoms with Crippen LogP contribution < -0.4 is 10.8 Å². The third-order valence-electron chi connectivity index (χ3n) is 7.42. The highest BCUT2D eigenvalue weighted by molar-refractivity contribution is 7.91. The Morgan fingerprint density at radius 1 is 1.15 bits per heavy atom. The molecule has 1 aromatic rings. The number of hydrogen-bond acceptors (Lipinski definition) is 9. The van der Waals surface area contributed by atoms with Crippen LogP contribution in [0.25, 0.3) is 0 Å². The molecule has 3 heterocycles. The topological polar surface area (TPSA) is 137 Å². The number of sulfone groups is 1. The number of carbonyl (C=O) groups is 2. The lowest BCUT2D eigenvalue weighted by molar-refractivity contribution is -0.136. The molecule has 2 atom stereocenters. The molecule has 2 fully saturated rings. The molecule has 1 N–H and O–H groups in total. The van der Waals surface area contributed by atoms with Crippen molar-refractivity contribution < 1.29 is 32.1 Å². The number of aromatic nitrogens is 2. The first kappa shape index (κ1) is 31.3. The SMILES string of the molecule is C[C@H](NC(=O)OC(C)(C)C)C(=O)N1CCCC[C@@H]1CCCS(=O)(=O)c1ncc(B2OC(C)(C)C(C)(C)O2)cn1. The lowest BCUT2D eigenvalue weighted by atomic mass is 9.81. The van der Waals surface area contributed by atoms with Gasteiger partial charge in [-0.1, -0.05) is 0 Å². The van der Waals surface area contributed by atoms with Gasteiger partial charge in [-0.05, 0) is 87.5 Å². The molecule has 0 unspecified atom stereocenters. The summed E-state index contributed by atoms with van der Waals surface area (Å²) < 4.78 is 43.1. The van der Waals surface area contributed by atoms with Crippen LogP contribution in [0.4, 0.5) is 4.79 Å². The highest BCUT2D eigenvalue weighted by atomic mass is 32.2. The van der Waals surface area contributed by atoms with E-state index in [0.717, 1.165) is 19.3 Å². The molecule has 2 amide bonds. The maximum Gasteiger partial charge on any atom is 0.498 e. The second kappa shape index (κ2) is 11.7. The van der Waals surface area contributed by atoms with Gasteiger partial charge in [0, 0.05) is 30.4 Å². The van der Waals surface area contributed by atoms with Crippen LogP contribution in [0.2, 0.25) is 0 Å². The van der Waals surface area contributed by atoms with E-state index in [2.05, 4.69) is 15.3 Å². The molecular formula is C26H43BN4O7S. The molecule has 3 rings (SSSR count). The zero-order chi connectivity index (χ0) is 29.2. The lowest BCUT2D eigenvalue weighted by Gasteiger charge is -2.37. The minimum absolute atomic E-state index is 0.101. The van der Waals surface area contributed by atoms with Crippen molar-refractivity contribution in [2.24, 2.45) is 0 Å². The minimum atomic E-state index is -3.72. The van der Waals surface area contributed by atoms with Crippen LogP contribution in [-0.4, -0.2) is 83.6 Å². The normalized spacial score (nSPS) is 21.9. The molecule has 0 aromatic carbocycles. The predicted molar refractivity (Wildman–Crippen MR) is 147 cm³/mol. The van der Waals surface area contributed by atoms with Gasteiger partial charge in [-0.2, -0.15) is 0 Å². The van der Waals surface area contributed by atoms with E-state index in [1.807, 2.05) is 27.7 Å². The molecule has 0 aliphatic carbocycles. The summed E-state index contributed by atoms with van der Waals surface area (Å²) in [5.74, 6) is -0.331. The summed E-state index contributed by atoms with van der Waals surface area (Å²) in [5.41, 5.74) is -1.17. The van der Waals surface area contributed by atoms with Gasteiger partial charge in [-0.25, -0.2) is 23.2 Å². The van der Waals surface area contributed by atoms with Crippen LogP contribution in [0.1, 0.15) is 87.5 Å². The van der Waals surface area contributed by atoms with Gasteiger partial charge < -0.3 is 24.3 Å². The maximum atomic E-state index is 13.1. The molecule has 218 valence electrons. The van der Waals surface area contributed by atoms with E-state index in [0.29, 0.717) is 24.8 Å². The van der Waals surface area contributed by atoms with Crippen molar-refractivity contribution in [2.75, 3.05) is 12.3 Å². The average molecular weight is 567 g/mol. The van der Waals surface area contributed by atoms with Gasteiger partial charge >= 0.3 is 13.2 Å². The predicted octanol–water partition coefficient (Wildman–Crippen LogP) is 2.62. The molecule has 2 saturated heterocycles. The molecule has 11 nitrogen and oxygen atoms in total. The first-order chi connectivity index (χ1) is 17.9. The monoisotopic (exact) mass is 566 g/mol. The smallest absolute Gasteiger partial charge is 0.444 e. The fourth-order valence-corrected chi connectivity index (χ4v) is 5.73. The first-order valence-electron chi connectivity index (χ1n) is 13.6. The number of nitrogens with one attached hydrogen (secondary N) is 1. The van der Waals surface area contributed by atoms with Gasteiger partial charge in [0.2, 0.25) is 20.9 Å². The second-order valence-corrected chi connectivity index (χ2v) is 14.4. The summed E-state index contributed by atoms with van der Waals surface area (Å²) in [5, 5.41) is 2.37. The third-order valence-corrected chi connectivity index (χ3v) is 9.01. The largest absolute Gasteiger partial charge is 0.498 e. The number of rotatable bonds is 8. The van der Waals surface area contributed by atoms with Gasteiger partial charge in [0.05, 0.1) is 17.0 Å². The molecule has 0 saturated carbocycles. The van der Waals surface area contributed by atoms with Crippen LogP contribution in [0.15, 0.2) is 17.6 Å². The van der Waals surface area contributed by atoms with E-state index >= 15 is 0 Å². The molecule has 0 spiro atoms. The van der Waals surface area contributed by atoms with Crippen molar-refractivity contribution in [3.05, 3.63) is 12.4 Å². The van der Waals surface area contributed by atoms with Crippen molar-refractivity contribution in [1.29, 1.82) is 0 Å². The quantitative estimate of drug-likeness (QED) is 0.372. The van der Waals surface area contributed by atoms with Crippen LogP contribution in [0, 0.1) is 0 Å². The van der Waals surface area contributed by atoms with Crippen molar-refractivity contribution in [1.82, 2.24) is 20.2 Å². The number of amides is 2. The lowest BCUT2D eigenvalue weighted by Crippen LogP contribution is -2.52. The Bertz CT molecular complexity index is 1120. The van der Waals surface area contributed by atoms with Gasteiger partial charge in [-0.15, -0.1) is 0 Å². The highest BCUT2D eigenvalue weighted by Crippen LogP contribution is 2.36. The van der Waals surface area contributed by atoms with Gasteiger partial charge in [0.25, 0.3) is 0 Å². The van der Waals surface area contributed by atoms with Crippen LogP contribution >= 0.6 is 0 Å². The number of piperidine rings is 1. The summed E-state index contributed by atoms with van der Waals surface area (Å²) in [4.78, 5) is 35.2. The summed E-state index contributed by atoms with van der Waals surface area (Å²) in [6, 6.07) is -0.851. The number of likely N-dealkylation sites (tertiary alicyclic amines) is 1. The third kappa shape index (κ3) is 7.91. The Morgan fingerprint density at radius 2 is 1.74 bits per heavy atom. The van der Waals surface area contributed by atoms with Crippen molar-refractivity contribution in [3.63, 3.8) is 0 Å². The van der Waals surface area contributed by atoms with Crippen LogP contribution in [0.5, 0.6) is 0 Å². The number of nitrogens with zero attached hydrogens (tertiary/aromatic N) is 3. The number of alkyl carbamates (subject to hydrolysis) is 1. The summed E-state index contributed by atoms with van der Waals surface area (Å²) in [7, 11) is -4.39. The number of ether oxygens (including phenoxy) is 1. The fourth-order valence-electron chi connectivity index (χ4n) is 4.57. The Balaban J connectivity index is 1.56. The van der Waals surface area contributed by atoms with Gasteiger partial charge in [0.15, 0.2) is 0 Å². The first-order valence-corrected chi connectivity index (χ1v) is 15.3. The standard InChI is InChI=1S/C26H43BN4O7S/c1-18(30-23(33)36-24(2,3)4)21(32)31-14-10-9-12-20(31)13-11-15-39(34,35)22-28-16-19(17-29-22)27-37-25(5,6)26(7,8)38-27/h16-18,20H,9-15H2,1-8H3,(H,30,33)/t18-,20+/m0/s1. The van der Waals surface area contributed by atoms with E-state index in [1.165, 1.54) is 12.4 Å². The Labute approximate surface area is 232 Å². The number of carbonyl (C=O) groups excluding carboxylic acids is 2. The van der Waals surface area contributed by atoms with Crippen molar-refractivity contribution >= 4 is 34.4 Å². The Hall–Kier alpha value is -2.25. The molecule has 1 aromatic heterocycles. The zero-order valence-electron chi connectivity index (χ0n) is 24.4. The fraction of sp³-hybridized carbons (Fsp3) is 0.769. The molecule has 39 heavy (non-hydrogen) atoms. The molecular weight excluding hydrogens is 523 g/mol. The molecule has 0 bridgehead atoms. The van der Waals surface area contributed by atoms with Gasteiger partial charge in [-0.3, -0.25) is 4.79 Å². The van der Waals surface area contributed by atoms with E-state index in [1.54, 1.807) is 32.6 Å². The summed E-state index contributed by atoms with van der Waals surface area (Å²) in [6.07, 6.45) is 5.70. The zero-order valence-corrected chi connectivity index (χ0v) is 25.3. The average Bonchev–Trinajstić information content (AvgIpc) is 3.04. The van der Waals surface area contributed by atoms with Crippen molar-refractivity contribution in [2.45, 2.75) is 122 Å². The highest BCUT2D eigenvalue weighted by Gasteiger charge is 2.52. The maximum absolute atomic E-state index is 13.1. The van der Waals surface area contributed by atoms with E-state index in [4.69, 9.17) is 14.0 Å². The molecule has 2 aliphatic heterocycles. The molecule has 2 aliphatic rings. The minimum Gasteiger partial charge on any atom is -0.444 e. The van der Waals surface area contributed by atoms with Crippen molar-refractivity contribution in [3.8, 4) is 0 Å². The van der Waals surface area contributed by atoms with E-state index < -0.39 is 45.9 Å². The van der Waals surface area contributed by atoms with Crippen LogP contribution in [0.3, 0.4) is 0 Å². The Morgan fingerprint density at radius 3 is 2.31 bits per heavy atom. The molecule has 0 radical (unpaired) electrons. The summed E-state index contributed by atoms with van der Waals surface area (Å²) in [6.45, 7) is 15.2. The van der Waals surface area contributed by atoms with E-state index in [9.17, 15) is 18.0 Å². The number of hydrogen-bond donors (Lipinski definition) is 1. The summed E-state index contributed by atoms with van der Waals surface area (Å²) >= 11 is 0. The van der Waals surface area contributed by atoms with Crippen LogP contribution in [-0.2, 0) is 28.7 Å². The Kier molecular flexibility index (Phi) is 9.39.